The summed E-state index contributed by atoms with van der Waals surface area (Å²) in [4.78, 5) is 7.74. The van der Waals surface area contributed by atoms with Crippen LogP contribution in [0.15, 0.2) is 6.20 Å². The van der Waals surface area contributed by atoms with Crippen LogP contribution in [0.3, 0.4) is 0 Å². The predicted molar refractivity (Wildman–Crippen MR) is 52.5 cm³/mol. The maximum absolute atomic E-state index is 4.39. The number of aromatic amines is 1. The molecule has 2 N–H and O–H groups in total. The number of nitrogens with one attached hydrogen (secondary N) is 2. The molecular formula is C10H17N3. The van der Waals surface area contributed by atoms with Crippen LogP contribution in [0, 0.1) is 5.92 Å². The van der Waals surface area contributed by atoms with Crippen LogP contribution in [0.25, 0.3) is 0 Å². The Labute approximate surface area is 79.0 Å². The van der Waals surface area contributed by atoms with E-state index in [4.69, 9.17) is 0 Å². The monoisotopic (exact) mass is 179 g/mol. The number of hydrogen-bond donors (Lipinski definition) is 2. The summed E-state index contributed by atoms with van der Waals surface area (Å²) in [6.45, 7) is 5.53. The molecule has 1 aromatic rings. The lowest BCUT2D eigenvalue weighted by Crippen LogP contribution is -2.14. The highest BCUT2D eigenvalue weighted by Gasteiger charge is 2.23. The van der Waals surface area contributed by atoms with E-state index in [1.807, 2.05) is 6.20 Å². The lowest BCUT2D eigenvalue weighted by atomic mass is 10.1. The molecule has 1 saturated heterocycles. The van der Waals surface area contributed by atoms with Gasteiger partial charge in [-0.1, -0.05) is 13.8 Å². The molecule has 2 rings (SSSR count). The summed E-state index contributed by atoms with van der Waals surface area (Å²) in [6, 6.07) is 0.454. The van der Waals surface area contributed by atoms with Crippen LogP contribution in [0.1, 0.15) is 37.8 Å². The molecule has 0 saturated carbocycles. The van der Waals surface area contributed by atoms with Gasteiger partial charge in [-0.3, -0.25) is 0 Å². The SMILES string of the molecule is CCc1cnc(C2CC(C)CN2)[nH]1. The van der Waals surface area contributed by atoms with E-state index in [0.717, 1.165) is 24.7 Å². The van der Waals surface area contributed by atoms with Gasteiger partial charge < -0.3 is 10.3 Å². The fourth-order valence-electron chi connectivity index (χ4n) is 1.85. The molecule has 0 aromatic carbocycles. The summed E-state index contributed by atoms with van der Waals surface area (Å²) in [7, 11) is 0. The predicted octanol–water partition coefficient (Wildman–Crippen LogP) is 1.64. The molecule has 0 bridgehead atoms. The molecule has 3 heteroatoms. The molecule has 13 heavy (non-hydrogen) atoms. The Morgan fingerprint density at radius 1 is 1.62 bits per heavy atom. The maximum atomic E-state index is 4.39. The number of H-pyrrole nitrogens is 1. The minimum Gasteiger partial charge on any atom is -0.345 e. The van der Waals surface area contributed by atoms with Gasteiger partial charge in [0.05, 0.1) is 6.04 Å². The molecule has 2 atom stereocenters. The first kappa shape index (κ1) is 8.75. The Balaban J connectivity index is 2.08. The zero-order chi connectivity index (χ0) is 9.26. The van der Waals surface area contributed by atoms with Gasteiger partial charge in [0, 0.05) is 11.9 Å². The van der Waals surface area contributed by atoms with E-state index in [1.165, 1.54) is 12.1 Å². The first-order valence-electron chi connectivity index (χ1n) is 5.06. The Hall–Kier alpha value is -0.830. The van der Waals surface area contributed by atoms with E-state index in [2.05, 4.69) is 29.1 Å². The summed E-state index contributed by atoms with van der Waals surface area (Å²) in [5, 5.41) is 3.47. The number of imidazole rings is 1. The van der Waals surface area contributed by atoms with E-state index in [1.54, 1.807) is 0 Å². The number of aryl methyl sites for hydroxylation is 1. The number of nitrogens with zero attached hydrogens (tertiary/aromatic N) is 1. The van der Waals surface area contributed by atoms with Crippen molar-refractivity contribution >= 4 is 0 Å². The van der Waals surface area contributed by atoms with Gasteiger partial charge in [-0.05, 0) is 25.3 Å². The van der Waals surface area contributed by atoms with Crippen LogP contribution in [0.5, 0.6) is 0 Å². The van der Waals surface area contributed by atoms with Gasteiger partial charge in [0.1, 0.15) is 5.82 Å². The average molecular weight is 179 g/mol. The lowest BCUT2D eigenvalue weighted by molar-refractivity contribution is 0.587. The topological polar surface area (TPSA) is 40.7 Å². The molecule has 0 amide bonds. The third kappa shape index (κ3) is 1.75. The Morgan fingerprint density at radius 3 is 3.00 bits per heavy atom. The van der Waals surface area contributed by atoms with Crippen molar-refractivity contribution in [3.63, 3.8) is 0 Å². The zero-order valence-electron chi connectivity index (χ0n) is 8.30. The first-order chi connectivity index (χ1) is 6.29. The summed E-state index contributed by atoms with van der Waals surface area (Å²) < 4.78 is 0. The third-order valence-electron chi connectivity index (χ3n) is 2.71. The van der Waals surface area contributed by atoms with Crippen LogP contribution in [-0.4, -0.2) is 16.5 Å². The molecule has 2 unspecified atom stereocenters. The highest BCUT2D eigenvalue weighted by Crippen LogP contribution is 2.24. The van der Waals surface area contributed by atoms with Gasteiger partial charge in [-0.15, -0.1) is 0 Å². The molecule has 0 radical (unpaired) electrons. The van der Waals surface area contributed by atoms with Gasteiger partial charge in [0.2, 0.25) is 0 Å². The lowest BCUT2D eigenvalue weighted by Gasteiger charge is -2.05. The van der Waals surface area contributed by atoms with Crippen molar-refractivity contribution in [1.29, 1.82) is 0 Å². The van der Waals surface area contributed by atoms with Gasteiger partial charge in [-0.2, -0.15) is 0 Å². The van der Waals surface area contributed by atoms with Gasteiger partial charge >= 0.3 is 0 Å². The third-order valence-corrected chi connectivity index (χ3v) is 2.71. The minimum atomic E-state index is 0.454. The van der Waals surface area contributed by atoms with Crippen molar-refractivity contribution in [2.45, 2.75) is 32.7 Å². The summed E-state index contributed by atoms with van der Waals surface area (Å²) in [5.74, 6) is 1.89. The molecule has 3 nitrogen and oxygen atoms in total. The van der Waals surface area contributed by atoms with Crippen LogP contribution in [0.4, 0.5) is 0 Å². The number of hydrogen-bond acceptors (Lipinski definition) is 2. The molecular weight excluding hydrogens is 162 g/mol. The van der Waals surface area contributed by atoms with E-state index >= 15 is 0 Å². The Bertz CT molecular complexity index is 279. The molecule has 1 fully saturated rings. The van der Waals surface area contributed by atoms with E-state index in [0.29, 0.717) is 6.04 Å². The van der Waals surface area contributed by atoms with Crippen LogP contribution < -0.4 is 5.32 Å². The van der Waals surface area contributed by atoms with Gasteiger partial charge in [0.25, 0.3) is 0 Å². The van der Waals surface area contributed by atoms with Crippen molar-refractivity contribution in [2.75, 3.05) is 6.54 Å². The van der Waals surface area contributed by atoms with E-state index < -0.39 is 0 Å². The van der Waals surface area contributed by atoms with E-state index in [9.17, 15) is 0 Å². The standard InChI is InChI=1S/C10H17N3/c1-3-8-6-12-10(13-8)9-4-7(2)5-11-9/h6-7,9,11H,3-5H2,1-2H3,(H,12,13). The molecule has 0 aliphatic carbocycles. The molecule has 1 aliphatic rings. The second-order valence-electron chi connectivity index (χ2n) is 3.95. The number of rotatable bonds is 2. The highest BCUT2D eigenvalue weighted by molar-refractivity contribution is 5.06. The largest absolute Gasteiger partial charge is 0.345 e. The smallest absolute Gasteiger partial charge is 0.123 e. The van der Waals surface area contributed by atoms with Crippen molar-refractivity contribution in [1.82, 2.24) is 15.3 Å². The Morgan fingerprint density at radius 2 is 2.46 bits per heavy atom. The molecule has 2 heterocycles. The Kier molecular flexibility index (Phi) is 2.36. The van der Waals surface area contributed by atoms with Crippen LogP contribution in [0.2, 0.25) is 0 Å². The normalized spacial score (nSPS) is 28.2. The van der Waals surface area contributed by atoms with Crippen LogP contribution >= 0.6 is 0 Å². The highest BCUT2D eigenvalue weighted by atomic mass is 15.0. The second kappa shape index (κ2) is 3.50. The zero-order valence-corrected chi connectivity index (χ0v) is 8.30. The minimum absolute atomic E-state index is 0.454. The fraction of sp³-hybridized carbons (Fsp3) is 0.700. The van der Waals surface area contributed by atoms with Crippen molar-refractivity contribution < 1.29 is 0 Å². The van der Waals surface area contributed by atoms with Crippen molar-refractivity contribution in [3.8, 4) is 0 Å². The summed E-state index contributed by atoms with van der Waals surface area (Å²) >= 11 is 0. The molecule has 72 valence electrons. The van der Waals surface area contributed by atoms with Crippen molar-refractivity contribution in [2.24, 2.45) is 5.92 Å². The average Bonchev–Trinajstić information content (AvgIpc) is 2.71. The summed E-state index contributed by atoms with van der Waals surface area (Å²) in [5.41, 5.74) is 1.23. The quantitative estimate of drug-likeness (QED) is 0.724. The van der Waals surface area contributed by atoms with Crippen molar-refractivity contribution in [3.05, 3.63) is 17.7 Å². The summed E-state index contributed by atoms with van der Waals surface area (Å²) in [6.07, 6.45) is 4.19. The van der Waals surface area contributed by atoms with Crippen LogP contribution in [-0.2, 0) is 6.42 Å². The first-order valence-corrected chi connectivity index (χ1v) is 5.06. The maximum Gasteiger partial charge on any atom is 0.123 e. The van der Waals surface area contributed by atoms with Gasteiger partial charge in [0.15, 0.2) is 0 Å². The molecule has 1 aromatic heterocycles. The molecule has 1 aliphatic heterocycles. The second-order valence-corrected chi connectivity index (χ2v) is 3.95. The van der Waals surface area contributed by atoms with E-state index in [-0.39, 0.29) is 0 Å². The van der Waals surface area contributed by atoms with Gasteiger partial charge in [-0.25, -0.2) is 4.98 Å². The fourth-order valence-corrected chi connectivity index (χ4v) is 1.85. The number of aromatic nitrogens is 2. The molecule has 0 spiro atoms.